The third-order valence-corrected chi connectivity index (χ3v) is 3.22. The first kappa shape index (κ1) is 11.7. The number of carbonyl (C=O) groups excluding carboxylic acids is 1. The van der Waals surface area contributed by atoms with Gasteiger partial charge in [0.05, 0.1) is 12.5 Å². The molecule has 0 aromatic carbocycles. The predicted molar refractivity (Wildman–Crippen MR) is 48.6 cm³/mol. The molecular weight excluding hydrogens is 225 g/mol. The summed E-state index contributed by atoms with van der Waals surface area (Å²) >= 11 is 0. The van der Waals surface area contributed by atoms with E-state index in [1.165, 1.54) is 0 Å². The minimum atomic E-state index is -4.67. The van der Waals surface area contributed by atoms with Crippen molar-refractivity contribution in [3.8, 4) is 0 Å². The number of nitrogens with one attached hydrogen (secondary N) is 1. The number of nitrogens with zero attached hydrogens (tertiary/aromatic N) is 1. The second-order valence-corrected chi connectivity index (χ2v) is 4.39. The Bertz CT molecular complexity index is 304. The van der Waals surface area contributed by atoms with Crippen molar-refractivity contribution in [1.29, 1.82) is 0 Å². The molecule has 0 bridgehead atoms. The highest BCUT2D eigenvalue weighted by molar-refractivity contribution is 5.80. The molecule has 2 aliphatic rings. The lowest BCUT2D eigenvalue weighted by Gasteiger charge is -2.31. The third kappa shape index (κ3) is 1.78. The topological polar surface area (TPSA) is 52.6 Å². The van der Waals surface area contributed by atoms with Crippen molar-refractivity contribution < 1.29 is 23.1 Å². The Kier molecular flexibility index (Phi) is 2.62. The molecule has 2 aliphatic heterocycles. The fourth-order valence-corrected chi connectivity index (χ4v) is 1.93. The molecule has 4 nitrogen and oxygen atoms in total. The Hall–Kier alpha value is -0.820. The average Bonchev–Trinajstić information content (AvgIpc) is 2.44. The summed E-state index contributed by atoms with van der Waals surface area (Å²) in [6.45, 7) is 0.372. The molecule has 2 heterocycles. The number of β-amino-alcohol motifs (C(OH)–C–C–N with tert-alkyl or cyclic N) is 1. The van der Waals surface area contributed by atoms with Gasteiger partial charge in [0, 0.05) is 26.1 Å². The van der Waals surface area contributed by atoms with E-state index >= 15 is 0 Å². The molecule has 2 rings (SSSR count). The first-order valence-corrected chi connectivity index (χ1v) is 5.12. The zero-order valence-corrected chi connectivity index (χ0v) is 8.55. The standard InChI is InChI=1S/C9H13F3N2O2/c10-9(11,12)8(16)1-2-14(5-8)7(15)6-3-13-4-6/h6,13,16H,1-5H2. The van der Waals surface area contributed by atoms with Crippen LogP contribution in [0.1, 0.15) is 6.42 Å². The Labute approximate surface area is 90.4 Å². The summed E-state index contributed by atoms with van der Waals surface area (Å²) in [5.74, 6) is -0.519. The summed E-state index contributed by atoms with van der Waals surface area (Å²) in [7, 11) is 0. The molecular formula is C9H13F3N2O2. The van der Waals surface area contributed by atoms with E-state index in [-0.39, 0.29) is 18.4 Å². The summed E-state index contributed by atoms with van der Waals surface area (Å²) in [6.07, 6.45) is -5.09. The van der Waals surface area contributed by atoms with Gasteiger partial charge in [0.15, 0.2) is 5.60 Å². The second kappa shape index (κ2) is 3.59. The highest BCUT2D eigenvalue weighted by atomic mass is 19.4. The van der Waals surface area contributed by atoms with Crippen LogP contribution >= 0.6 is 0 Å². The SMILES string of the molecule is O=C(C1CNC1)N1CCC(O)(C(F)(F)F)C1. The number of hydrogen-bond acceptors (Lipinski definition) is 3. The highest BCUT2D eigenvalue weighted by Crippen LogP contribution is 2.38. The Morgan fingerprint density at radius 3 is 2.44 bits per heavy atom. The predicted octanol–water partition coefficient (Wildman–Crippen LogP) is -0.268. The molecule has 2 N–H and O–H groups in total. The van der Waals surface area contributed by atoms with Crippen LogP contribution in [0.15, 0.2) is 0 Å². The van der Waals surface area contributed by atoms with Gasteiger partial charge in [-0.25, -0.2) is 0 Å². The number of aliphatic hydroxyl groups is 1. The molecule has 0 radical (unpaired) electrons. The van der Waals surface area contributed by atoms with Gasteiger partial charge in [-0.1, -0.05) is 0 Å². The zero-order valence-electron chi connectivity index (χ0n) is 8.55. The number of carbonyl (C=O) groups is 1. The number of halogens is 3. The van der Waals surface area contributed by atoms with Crippen LogP contribution in [0.5, 0.6) is 0 Å². The molecule has 7 heteroatoms. The summed E-state index contributed by atoms with van der Waals surface area (Å²) in [6, 6.07) is 0. The Balaban J connectivity index is 1.99. The number of amides is 1. The molecule has 1 unspecified atom stereocenters. The zero-order chi connectivity index (χ0) is 12.0. The quantitative estimate of drug-likeness (QED) is 0.661. The van der Waals surface area contributed by atoms with Gasteiger partial charge in [-0.2, -0.15) is 13.2 Å². The van der Waals surface area contributed by atoms with E-state index in [0.29, 0.717) is 13.1 Å². The van der Waals surface area contributed by atoms with Crippen molar-refractivity contribution in [1.82, 2.24) is 10.2 Å². The van der Waals surface area contributed by atoms with Crippen LogP contribution in [0.3, 0.4) is 0 Å². The molecule has 1 amide bonds. The van der Waals surface area contributed by atoms with Crippen molar-refractivity contribution in [3.63, 3.8) is 0 Å². The Morgan fingerprint density at radius 1 is 1.44 bits per heavy atom. The monoisotopic (exact) mass is 238 g/mol. The summed E-state index contributed by atoms with van der Waals surface area (Å²) < 4.78 is 37.4. The van der Waals surface area contributed by atoms with Gasteiger partial charge in [0.25, 0.3) is 0 Å². The maximum Gasteiger partial charge on any atom is 0.419 e. The van der Waals surface area contributed by atoms with Gasteiger partial charge in [-0.05, 0) is 0 Å². The lowest BCUT2D eigenvalue weighted by atomic mass is 10.0. The number of hydrogen-bond donors (Lipinski definition) is 2. The molecule has 1 atom stereocenters. The number of alkyl halides is 3. The van der Waals surface area contributed by atoms with E-state index in [1.54, 1.807) is 0 Å². The first-order valence-electron chi connectivity index (χ1n) is 5.12. The smallest absolute Gasteiger partial charge is 0.379 e. The van der Waals surface area contributed by atoms with Crippen LogP contribution in [-0.2, 0) is 4.79 Å². The van der Waals surface area contributed by atoms with Gasteiger partial charge in [0.1, 0.15) is 0 Å². The fourth-order valence-electron chi connectivity index (χ4n) is 1.93. The second-order valence-electron chi connectivity index (χ2n) is 4.39. The maximum absolute atomic E-state index is 12.5. The number of rotatable bonds is 1. The van der Waals surface area contributed by atoms with E-state index in [9.17, 15) is 23.1 Å². The highest BCUT2D eigenvalue weighted by Gasteiger charge is 2.58. The van der Waals surface area contributed by atoms with Crippen LogP contribution in [0, 0.1) is 5.92 Å². The lowest BCUT2D eigenvalue weighted by molar-refractivity contribution is -0.253. The summed E-state index contributed by atoms with van der Waals surface area (Å²) in [4.78, 5) is 12.8. The van der Waals surface area contributed by atoms with E-state index < -0.39 is 24.7 Å². The van der Waals surface area contributed by atoms with E-state index in [1.807, 2.05) is 0 Å². The lowest BCUT2D eigenvalue weighted by Crippen LogP contribution is -2.53. The van der Waals surface area contributed by atoms with Crippen LogP contribution in [0.4, 0.5) is 13.2 Å². The number of likely N-dealkylation sites (tertiary alicyclic amines) is 1. The maximum atomic E-state index is 12.5. The van der Waals surface area contributed by atoms with E-state index in [2.05, 4.69) is 5.32 Å². The van der Waals surface area contributed by atoms with Crippen LogP contribution in [0.25, 0.3) is 0 Å². The van der Waals surface area contributed by atoms with Crippen LogP contribution in [-0.4, -0.2) is 53.9 Å². The van der Waals surface area contributed by atoms with Gasteiger partial charge in [-0.15, -0.1) is 0 Å². The minimum absolute atomic E-state index is 0.0225. The normalized spacial score (nSPS) is 31.6. The van der Waals surface area contributed by atoms with Crippen molar-refractivity contribution >= 4 is 5.91 Å². The molecule has 0 spiro atoms. The van der Waals surface area contributed by atoms with Crippen molar-refractivity contribution in [2.75, 3.05) is 26.2 Å². The largest absolute Gasteiger partial charge is 0.419 e. The Morgan fingerprint density at radius 2 is 2.06 bits per heavy atom. The molecule has 0 saturated carbocycles. The van der Waals surface area contributed by atoms with Crippen LogP contribution in [0.2, 0.25) is 0 Å². The molecule has 0 aromatic heterocycles. The molecule has 2 saturated heterocycles. The third-order valence-electron chi connectivity index (χ3n) is 3.22. The van der Waals surface area contributed by atoms with E-state index in [4.69, 9.17) is 0 Å². The summed E-state index contributed by atoms with van der Waals surface area (Å²) in [5, 5.41) is 12.3. The van der Waals surface area contributed by atoms with Crippen molar-refractivity contribution in [3.05, 3.63) is 0 Å². The molecule has 2 fully saturated rings. The average molecular weight is 238 g/mol. The van der Waals surface area contributed by atoms with Gasteiger partial charge in [0.2, 0.25) is 5.91 Å². The van der Waals surface area contributed by atoms with Crippen LogP contribution < -0.4 is 5.32 Å². The first-order chi connectivity index (χ1) is 7.33. The van der Waals surface area contributed by atoms with Gasteiger partial charge >= 0.3 is 6.18 Å². The summed E-state index contributed by atoms with van der Waals surface area (Å²) in [5.41, 5.74) is -2.72. The van der Waals surface area contributed by atoms with Crippen molar-refractivity contribution in [2.24, 2.45) is 5.92 Å². The van der Waals surface area contributed by atoms with Crippen molar-refractivity contribution in [2.45, 2.75) is 18.2 Å². The van der Waals surface area contributed by atoms with E-state index in [0.717, 1.165) is 4.90 Å². The molecule has 92 valence electrons. The van der Waals surface area contributed by atoms with Gasteiger partial charge in [-0.3, -0.25) is 4.79 Å². The molecule has 16 heavy (non-hydrogen) atoms. The van der Waals surface area contributed by atoms with Gasteiger partial charge < -0.3 is 15.3 Å². The molecule has 0 aliphatic carbocycles. The fraction of sp³-hybridized carbons (Fsp3) is 0.889. The minimum Gasteiger partial charge on any atom is -0.379 e. The molecule has 0 aromatic rings.